The van der Waals surface area contributed by atoms with Crippen LogP contribution in [0.4, 0.5) is 0 Å². The highest BCUT2D eigenvalue weighted by Crippen LogP contribution is 1.80. The summed E-state index contributed by atoms with van der Waals surface area (Å²) in [5, 5.41) is 2.73. The molecule has 1 N–H and O–H groups in total. The molecule has 0 aliphatic heterocycles. The van der Waals surface area contributed by atoms with Gasteiger partial charge in [-0.05, 0) is 6.42 Å². The Morgan fingerprint density at radius 3 is 3.00 bits per heavy atom. The second kappa shape index (κ2) is 7.10. The van der Waals surface area contributed by atoms with Crippen LogP contribution in [0.15, 0.2) is 0 Å². The number of carbonyl (C=O) groups excluding carboxylic acids is 1. The number of esters is 1. The molecule has 0 aromatic heterocycles. The molecule has 0 spiro atoms. The van der Waals surface area contributed by atoms with E-state index in [0.717, 1.165) is 6.42 Å². The molecule has 0 rings (SSSR count). The molecule has 62 valence electrons. The number of rotatable bonds is 5. The summed E-state index contributed by atoms with van der Waals surface area (Å²) in [6, 6.07) is 0. The average molecular weight is 155 g/mol. The zero-order valence-electron chi connectivity index (χ0n) is 6.72. The Bertz CT molecular complexity index is 149. The lowest BCUT2D eigenvalue weighted by molar-refractivity contribution is -0.142. The lowest BCUT2D eigenvalue weighted by atomic mass is 10.5. The molecular weight excluding hydrogens is 142 g/mol. The molecule has 0 bridgehead atoms. The van der Waals surface area contributed by atoms with Crippen molar-refractivity contribution in [2.45, 2.75) is 13.3 Å². The van der Waals surface area contributed by atoms with Crippen molar-refractivity contribution in [3.8, 4) is 12.3 Å². The highest BCUT2D eigenvalue weighted by Gasteiger charge is 1.98. The maximum Gasteiger partial charge on any atom is 0.319 e. The van der Waals surface area contributed by atoms with Gasteiger partial charge in [0.15, 0.2) is 0 Å². The molecule has 3 nitrogen and oxygen atoms in total. The van der Waals surface area contributed by atoms with Crippen LogP contribution < -0.4 is 5.32 Å². The van der Waals surface area contributed by atoms with E-state index in [9.17, 15) is 4.79 Å². The van der Waals surface area contributed by atoms with E-state index < -0.39 is 0 Å². The van der Waals surface area contributed by atoms with Gasteiger partial charge in [0, 0.05) is 0 Å². The fraction of sp³-hybridized carbons (Fsp3) is 0.625. The van der Waals surface area contributed by atoms with E-state index in [1.54, 1.807) is 0 Å². The Balaban J connectivity index is 3.17. The number of carbonyl (C=O) groups is 1. The van der Waals surface area contributed by atoms with Crippen molar-refractivity contribution in [3.05, 3.63) is 0 Å². The summed E-state index contributed by atoms with van der Waals surface area (Å²) in [6.07, 6.45) is 5.80. The van der Waals surface area contributed by atoms with Crippen LogP contribution in [-0.2, 0) is 9.53 Å². The predicted octanol–water partition coefficient (Wildman–Crippen LogP) is 0.162. The van der Waals surface area contributed by atoms with Crippen LogP contribution in [0.2, 0.25) is 0 Å². The Hall–Kier alpha value is -1.01. The number of hydrogen-bond donors (Lipinski definition) is 1. The first kappa shape index (κ1) is 9.99. The molecule has 0 aliphatic carbocycles. The molecule has 0 atom stereocenters. The minimum absolute atomic E-state index is 0.199. The summed E-state index contributed by atoms with van der Waals surface area (Å²) in [4.78, 5) is 10.7. The summed E-state index contributed by atoms with van der Waals surface area (Å²) < 4.78 is 4.77. The maximum atomic E-state index is 10.7. The standard InChI is InChI=1S/C8H13NO2/c1-3-5-9-7-8(10)11-6-4-2/h1,9H,4-7H2,2H3. The second-order valence-corrected chi connectivity index (χ2v) is 2.03. The van der Waals surface area contributed by atoms with Crippen molar-refractivity contribution in [2.24, 2.45) is 0 Å². The second-order valence-electron chi connectivity index (χ2n) is 2.03. The van der Waals surface area contributed by atoms with Crippen LogP contribution in [0.3, 0.4) is 0 Å². The lowest BCUT2D eigenvalue weighted by Crippen LogP contribution is -2.25. The Labute approximate surface area is 67.1 Å². The highest BCUT2D eigenvalue weighted by molar-refractivity contribution is 5.71. The summed E-state index contributed by atoms with van der Waals surface area (Å²) in [6.45, 7) is 3.03. The Kier molecular flexibility index (Phi) is 6.45. The number of nitrogens with one attached hydrogen (secondary N) is 1. The van der Waals surface area contributed by atoms with Crippen molar-refractivity contribution in [2.75, 3.05) is 19.7 Å². The van der Waals surface area contributed by atoms with E-state index in [0.29, 0.717) is 13.2 Å². The lowest BCUT2D eigenvalue weighted by Gasteiger charge is -2.01. The van der Waals surface area contributed by atoms with Crippen LogP contribution in [0.1, 0.15) is 13.3 Å². The fourth-order valence-corrected chi connectivity index (χ4v) is 0.504. The van der Waals surface area contributed by atoms with Gasteiger partial charge in [0.05, 0.1) is 19.7 Å². The Morgan fingerprint density at radius 1 is 1.73 bits per heavy atom. The third kappa shape index (κ3) is 6.88. The van der Waals surface area contributed by atoms with E-state index in [-0.39, 0.29) is 12.5 Å². The van der Waals surface area contributed by atoms with Crippen LogP contribution in [0.25, 0.3) is 0 Å². The third-order valence-corrected chi connectivity index (χ3v) is 0.964. The minimum atomic E-state index is -0.248. The monoisotopic (exact) mass is 155 g/mol. The van der Waals surface area contributed by atoms with Gasteiger partial charge in [-0.1, -0.05) is 12.8 Å². The number of terminal acetylenes is 1. The van der Waals surface area contributed by atoms with Gasteiger partial charge in [-0.2, -0.15) is 0 Å². The molecule has 0 unspecified atom stereocenters. The molecule has 0 aromatic carbocycles. The normalized spacial score (nSPS) is 8.73. The first-order valence-corrected chi connectivity index (χ1v) is 3.61. The fourth-order valence-electron chi connectivity index (χ4n) is 0.504. The molecule has 0 radical (unpaired) electrons. The topological polar surface area (TPSA) is 38.3 Å². The van der Waals surface area contributed by atoms with Gasteiger partial charge < -0.3 is 4.74 Å². The van der Waals surface area contributed by atoms with Crippen LogP contribution in [0, 0.1) is 12.3 Å². The first-order chi connectivity index (χ1) is 5.31. The third-order valence-electron chi connectivity index (χ3n) is 0.964. The van der Waals surface area contributed by atoms with E-state index in [1.165, 1.54) is 0 Å². The number of hydrogen-bond acceptors (Lipinski definition) is 3. The molecule has 11 heavy (non-hydrogen) atoms. The van der Waals surface area contributed by atoms with Crippen LogP contribution in [-0.4, -0.2) is 25.7 Å². The van der Waals surface area contributed by atoms with Crippen LogP contribution >= 0.6 is 0 Å². The van der Waals surface area contributed by atoms with Crippen molar-refractivity contribution >= 4 is 5.97 Å². The van der Waals surface area contributed by atoms with Gasteiger partial charge in [-0.15, -0.1) is 6.42 Å². The van der Waals surface area contributed by atoms with Gasteiger partial charge >= 0.3 is 5.97 Å². The van der Waals surface area contributed by atoms with Crippen molar-refractivity contribution in [3.63, 3.8) is 0 Å². The summed E-state index contributed by atoms with van der Waals surface area (Å²) in [5.41, 5.74) is 0. The number of ether oxygens (including phenoxy) is 1. The van der Waals surface area contributed by atoms with Gasteiger partial charge in [0.25, 0.3) is 0 Å². The molecule has 0 saturated carbocycles. The van der Waals surface area contributed by atoms with Crippen LogP contribution in [0.5, 0.6) is 0 Å². The van der Waals surface area contributed by atoms with Gasteiger partial charge in [0.1, 0.15) is 0 Å². The molecule has 0 fully saturated rings. The zero-order chi connectivity index (χ0) is 8.53. The SMILES string of the molecule is C#CCNCC(=O)OCCC. The van der Waals surface area contributed by atoms with E-state index in [2.05, 4.69) is 11.2 Å². The molecule has 3 heteroatoms. The molecule has 0 amide bonds. The predicted molar refractivity (Wildman–Crippen MR) is 43.0 cm³/mol. The molecule has 0 aliphatic rings. The maximum absolute atomic E-state index is 10.7. The van der Waals surface area contributed by atoms with Gasteiger partial charge in [-0.25, -0.2) is 0 Å². The van der Waals surface area contributed by atoms with Gasteiger partial charge in [-0.3, -0.25) is 10.1 Å². The molecule has 0 heterocycles. The summed E-state index contributed by atoms with van der Waals surface area (Å²) in [5.74, 6) is 2.11. The summed E-state index contributed by atoms with van der Waals surface area (Å²) in [7, 11) is 0. The largest absolute Gasteiger partial charge is 0.465 e. The van der Waals surface area contributed by atoms with Crippen molar-refractivity contribution in [1.29, 1.82) is 0 Å². The van der Waals surface area contributed by atoms with E-state index in [4.69, 9.17) is 11.2 Å². The zero-order valence-corrected chi connectivity index (χ0v) is 6.72. The van der Waals surface area contributed by atoms with Crippen molar-refractivity contribution in [1.82, 2.24) is 5.32 Å². The highest BCUT2D eigenvalue weighted by atomic mass is 16.5. The first-order valence-electron chi connectivity index (χ1n) is 3.61. The smallest absolute Gasteiger partial charge is 0.319 e. The minimum Gasteiger partial charge on any atom is -0.465 e. The van der Waals surface area contributed by atoms with Gasteiger partial charge in [0.2, 0.25) is 0 Å². The Morgan fingerprint density at radius 2 is 2.45 bits per heavy atom. The molecular formula is C8H13NO2. The average Bonchev–Trinajstić information content (AvgIpc) is 2.01. The molecule has 0 saturated heterocycles. The van der Waals surface area contributed by atoms with E-state index >= 15 is 0 Å². The van der Waals surface area contributed by atoms with E-state index in [1.807, 2.05) is 6.92 Å². The quantitative estimate of drug-likeness (QED) is 0.349. The summed E-state index contributed by atoms with van der Waals surface area (Å²) >= 11 is 0. The molecule has 0 aromatic rings. The van der Waals surface area contributed by atoms with Crippen molar-refractivity contribution < 1.29 is 9.53 Å².